The molecule has 1 aliphatic heterocycles. The van der Waals surface area contributed by atoms with Gasteiger partial charge in [-0.15, -0.1) is 0 Å². The standard InChI is InChI=1S/C19H18N2O6/c1-26-16-8-9-17-14(11-16)3-2-10-20(17)18(22)12-27-19(23)13-4-6-15(7-5-13)21(24)25/h4-9,11H,2-3,10,12H2,1H3. The van der Waals surface area contributed by atoms with Crippen molar-refractivity contribution in [1.82, 2.24) is 0 Å². The van der Waals surface area contributed by atoms with E-state index in [4.69, 9.17) is 9.47 Å². The Morgan fingerprint density at radius 3 is 2.59 bits per heavy atom. The minimum Gasteiger partial charge on any atom is -0.497 e. The second-order valence-electron chi connectivity index (χ2n) is 6.02. The van der Waals surface area contributed by atoms with Crippen LogP contribution in [0.25, 0.3) is 0 Å². The topological polar surface area (TPSA) is 99.0 Å². The third kappa shape index (κ3) is 4.05. The van der Waals surface area contributed by atoms with Crippen LogP contribution in [0.5, 0.6) is 5.75 Å². The smallest absolute Gasteiger partial charge is 0.338 e. The Morgan fingerprint density at radius 1 is 1.19 bits per heavy atom. The number of nitrogens with zero attached hydrogens (tertiary/aromatic N) is 2. The van der Waals surface area contributed by atoms with E-state index < -0.39 is 17.5 Å². The Bertz CT molecular complexity index is 878. The molecule has 1 amide bonds. The van der Waals surface area contributed by atoms with E-state index in [1.165, 1.54) is 24.3 Å². The summed E-state index contributed by atoms with van der Waals surface area (Å²) in [4.78, 5) is 36.3. The highest BCUT2D eigenvalue weighted by atomic mass is 16.6. The number of nitro groups is 1. The van der Waals surface area contributed by atoms with Gasteiger partial charge in [-0.3, -0.25) is 14.9 Å². The third-order valence-corrected chi connectivity index (χ3v) is 4.35. The normalized spacial score (nSPS) is 12.9. The summed E-state index contributed by atoms with van der Waals surface area (Å²) in [7, 11) is 1.59. The molecule has 0 aromatic heterocycles. The predicted octanol–water partition coefficient (Wildman–Crippen LogP) is 2.74. The molecule has 8 nitrogen and oxygen atoms in total. The fraction of sp³-hybridized carbons (Fsp3) is 0.263. The number of esters is 1. The van der Waals surface area contributed by atoms with E-state index in [1.807, 2.05) is 12.1 Å². The van der Waals surface area contributed by atoms with Crippen LogP contribution in [0.15, 0.2) is 42.5 Å². The zero-order chi connectivity index (χ0) is 19.4. The highest BCUT2D eigenvalue weighted by Gasteiger charge is 2.24. The van der Waals surface area contributed by atoms with Gasteiger partial charge in [-0.25, -0.2) is 4.79 Å². The number of methoxy groups -OCH3 is 1. The predicted molar refractivity (Wildman–Crippen MR) is 97.0 cm³/mol. The van der Waals surface area contributed by atoms with Crippen LogP contribution in [0, 0.1) is 10.1 Å². The Kier molecular flexibility index (Phi) is 5.35. The number of non-ortho nitro benzene ring substituents is 1. The van der Waals surface area contributed by atoms with Crippen LogP contribution in [0.1, 0.15) is 22.3 Å². The number of benzene rings is 2. The van der Waals surface area contributed by atoms with Crippen molar-refractivity contribution in [2.75, 3.05) is 25.2 Å². The van der Waals surface area contributed by atoms with E-state index >= 15 is 0 Å². The molecule has 1 aliphatic rings. The van der Waals surface area contributed by atoms with Crippen molar-refractivity contribution in [2.45, 2.75) is 12.8 Å². The van der Waals surface area contributed by atoms with Crippen LogP contribution in [0.2, 0.25) is 0 Å². The van der Waals surface area contributed by atoms with Gasteiger partial charge in [0.1, 0.15) is 5.75 Å². The van der Waals surface area contributed by atoms with Gasteiger partial charge in [0.15, 0.2) is 6.61 Å². The van der Waals surface area contributed by atoms with Crippen molar-refractivity contribution in [3.63, 3.8) is 0 Å². The van der Waals surface area contributed by atoms with Crippen LogP contribution in [0.3, 0.4) is 0 Å². The van der Waals surface area contributed by atoms with E-state index in [0.717, 1.165) is 29.8 Å². The van der Waals surface area contributed by atoms with Crippen LogP contribution in [-0.2, 0) is 16.0 Å². The second kappa shape index (κ2) is 7.86. The first-order valence-corrected chi connectivity index (χ1v) is 8.38. The molecule has 2 aromatic rings. The molecule has 140 valence electrons. The lowest BCUT2D eigenvalue weighted by atomic mass is 10.0. The van der Waals surface area contributed by atoms with E-state index in [-0.39, 0.29) is 17.2 Å². The first kappa shape index (κ1) is 18.4. The zero-order valence-electron chi connectivity index (χ0n) is 14.7. The maximum Gasteiger partial charge on any atom is 0.338 e. The summed E-state index contributed by atoms with van der Waals surface area (Å²) in [5, 5.41) is 10.6. The minimum absolute atomic E-state index is 0.122. The van der Waals surface area contributed by atoms with Gasteiger partial charge in [-0.1, -0.05) is 0 Å². The average Bonchev–Trinajstić information content (AvgIpc) is 2.70. The molecule has 1 heterocycles. The molecule has 8 heteroatoms. The summed E-state index contributed by atoms with van der Waals surface area (Å²) in [6.07, 6.45) is 1.65. The molecular formula is C19H18N2O6. The van der Waals surface area contributed by atoms with Crippen LogP contribution in [-0.4, -0.2) is 37.1 Å². The number of ether oxygens (including phenoxy) is 2. The number of fused-ring (bicyclic) bond motifs is 1. The molecule has 0 saturated heterocycles. The molecule has 0 aliphatic carbocycles. The maximum absolute atomic E-state index is 12.5. The number of hydrogen-bond donors (Lipinski definition) is 0. The highest BCUT2D eigenvalue weighted by molar-refractivity contribution is 5.98. The van der Waals surface area contributed by atoms with Crippen molar-refractivity contribution < 1.29 is 24.0 Å². The first-order valence-electron chi connectivity index (χ1n) is 8.38. The largest absolute Gasteiger partial charge is 0.497 e. The van der Waals surface area contributed by atoms with Crippen LogP contribution < -0.4 is 9.64 Å². The summed E-state index contributed by atoms with van der Waals surface area (Å²) >= 11 is 0. The van der Waals surface area contributed by atoms with Crippen molar-refractivity contribution in [3.8, 4) is 5.75 Å². The van der Waals surface area contributed by atoms with Crippen LogP contribution >= 0.6 is 0 Å². The number of rotatable bonds is 5. The molecule has 2 aromatic carbocycles. The molecule has 0 radical (unpaired) electrons. The van der Waals surface area contributed by atoms with E-state index in [9.17, 15) is 19.7 Å². The van der Waals surface area contributed by atoms with Crippen molar-refractivity contribution in [2.24, 2.45) is 0 Å². The summed E-state index contributed by atoms with van der Waals surface area (Å²) in [5.74, 6) is -0.297. The summed E-state index contributed by atoms with van der Waals surface area (Å²) in [5.41, 5.74) is 1.83. The number of carbonyl (C=O) groups is 2. The zero-order valence-corrected chi connectivity index (χ0v) is 14.7. The van der Waals surface area contributed by atoms with Gasteiger partial charge in [0.2, 0.25) is 0 Å². The number of carbonyl (C=O) groups excluding carboxylic acids is 2. The molecule has 3 rings (SSSR count). The summed E-state index contributed by atoms with van der Waals surface area (Å²) in [6, 6.07) is 10.5. The number of anilines is 1. The molecule has 0 unspecified atom stereocenters. The molecule has 27 heavy (non-hydrogen) atoms. The number of amides is 1. The van der Waals surface area contributed by atoms with Gasteiger partial charge >= 0.3 is 5.97 Å². The molecule has 0 fully saturated rings. The van der Waals surface area contributed by atoms with Crippen LogP contribution in [0.4, 0.5) is 11.4 Å². The summed E-state index contributed by atoms with van der Waals surface area (Å²) < 4.78 is 10.3. The molecule has 0 saturated carbocycles. The van der Waals surface area contributed by atoms with Gasteiger partial charge in [0, 0.05) is 24.4 Å². The van der Waals surface area contributed by atoms with Gasteiger partial charge in [0.05, 0.1) is 17.6 Å². The first-order chi connectivity index (χ1) is 13.0. The third-order valence-electron chi connectivity index (χ3n) is 4.35. The number of nitro benzene ring substituents is 1. The molecule has 0 bridgehead atoms. The minimum atomic E-state index is -0.704. The number of aryl methyl sites for hydroxylation is 1. The Morgan fingerprint density at radius 2 is 1.93 bits per heavy atom. The Labute approximate surface area is 155 Å². The van der Waals surface area contributed by atoms with Gasteiger partial charge in [0.25, 0.3) is 11.6 Å². The quantitative estimate of drug-likeness (QED) is 0.456. The van der Waals surface area contributed by atoms with Gasteiger partial charge in [-0.05, 0) is 48.7 Å². The Balaban J connectivity index is 1.64. The SMILES string of the molecule is COc1ccc2c(c1)CCCN2C(=O)COC(=O)c1ccc([N+](=O)[O-])cc1. The van der Waals surface area contributed by atoms with E-state index in [2.05, 4.69) is 0 Å². The molecule has 0 N–H and O–H groups in total. The highest BCUT2D eigenvalue weighted by Crippen LogP contribution is 2.30. The van der Waals surface area contributed by atoms with Crippen molar-refractivity contribution in [3.05, 3.63) is 63.7 Å². The Hall–Kier alpha value is -3.42. The van der Waals surface area contributed by atoms with Gasteiger partial charge in [-0.2, -0.15) is 0 Å². The lowest BCUT2D eigenvalue weighted by Gasteiger charge is -2.29. The fourth-order valence-corrected chi connectivity index (χ4v) is 2.97. The van der Waals surface area contributed by atoms with Crippen molar-refractivity contribution in [1.29, 1.82) is 0 Å². The average molecular weight is 370 g/mol. The second-order valence-corrected chi connectivity index (χ2v) is 6.02. The number of hydrogen-bond acceptors (Lipinski definition) is 6. The fourth-order valence-electron chi connectivity index (χ4n) is 2.97. The molecule has 0 spiro atoms. The van der Waals surface area contributed by atoms with E-state index in [1.54, 1.807) is 18.1 Å². The lowest BCUT2D eigenvalue weighted by Crippen LogP contribution is -2.38. The van der Waals surface area contributed by atoms with Crippen molar-refractivity contribution >= 4 is 23.3 Å². The van der Waals surface area contributed by atoms with Gasteiger partial charge < -0.3 is 14.4 Å². The molecule has 0 atom stereocenters. The monoisotopic (exact) mass is 370 g/mol. The molecular weight excluding hydrogens is 352 g/mol. The van der Waals surface area contributed by atoms with E-state index in [0.29, 0.717) is 6.54 Å². The maximum atomic E-state index is 12.5. The lowest BCUT2D eigenvalue weighted by molar-refractivity contribution is -0.384. The summed E-state index contributed by atoms with van der Waals surface area (Å²) in [6.45, 7) is 0.147.